The average molecular weight is 384 g/mol. The first-order chi connectivity index (χ1) is 13.9. The van der Waals surface area contributed by atoms with E-state index in [-0.39, 0.29) is 0 Å². The van der Waals surface area contributed by atoms with E-state index in [0.29, 0.717) is 24.1 Å². The van der Waals surface area contributed by atoms with E-state index in [1.54, 1.807) is 0 Å². The highest BCUT2D eigenvalue weighted by atomic mass is 15.0. The number of rotatable bonds is 5. The van der Waals surface area contributed by atoms with Crippen LogP contribution in [-0.4, -0.2) is 18.2 Å². The zero-order valence-electron chi connectivity index (χ0n) is 17.7. The number of hydrogen-bond donors (Lipinski definition) is 1. The smallest absolute Gasteiger partial charge is 0.157 e. The molecule has 3 aromatic carbocycles. The number of amidine groups is 2. The molecule has 3 aromatic rings. The molecule has 2 N–H and O–H groups in total. The molecule has 0 atom stereocenters. The number of aryl methyl sites for hydroxylation is 2. The molecule has 148 valence electrons. The zero-order chi connectivity index (χ0) is 20.8. The largest absolute Gasteiger partial charge is 0.383 e. The van der Waals surface area contributed by atoms with Crippen LogP contribution in [0.1, 0.15) is 36.1 Å². The Balaban J connectivity index is 2.03. The highest BCUT2D eigenvalue weighted by Crippen LogP contribution is 2.21. The van der Waals surface area contributed by atoms with Crippen molar-refractivity contribution < 1.29 is 0 Å². The van der Waals surface area contributed by atoms with Gasteiger partial charge >= 0.3 is 0 Å². The first-order valence-electron chi connectivity index (χ1n) is 10.1. The van der Waals surface area contributed by atoms with Crippen LogP contribution in [0.2, 0.25) is 0 Å². The van der Waals surface area contributed by atoms with E-state index in [2.05, 4.69) is 70.2 Å². The van der Waals surface area contributed by atoms with Crippen LogP contribution in [-0.2, 0) is 0 Å². The third-order valence-electron chi connectivity index (χ3n) is 4.58. The second kappa shape index (κ2) is 9.33. The number of nitrogens with two attached hydrogens (primary N) is 1. The summed E-state index contributed by atoms with van der Waals surface area (Å²) in [4.78, 5) is 9.54. The molecule has 0 aliphatic heterocycles. The molecule has 3 heteroatoms. The van der Waals surface area contributed by atoms with E-state index >= 15 is 0 Å². The van der Waals surface area contributed by atoms with E-state index in [0.717, 1.165) is 16.7 Å². The maximum atomic E-state index is 6.40. The third kappa shape index (κ3) is 5.64. The number of nitrogens with zero attached hydrogens (tertiary/aromatic N) is 2. The second-order valence-corrected chi connectivity index (χ2v) is 7.88. The van der Waals surface area contributed by atoms with Gasteiger partial charge in [-0.05, 0) is 49.1 Å². The van der Waals surface area contributed by atoms with Crippen LogP contribution in [0.3, 0.4) is 0 Å². The third-order valence-corrected chi connectivity index (χ3v) is 4.58. The molecule has 0 amide bonds. The van der Waals surface area contributed by atoms with Gasteiger partial charge in [-0.25, -0.2) is 4.99 Å². The summed E-state index contributed by atoms with van der Waals surface area (Å²) in [5.41, 5.74) is 12.9. The van der Waals surface area contributed by atoms with Crippen molar-refractivity contribution >= 4 is 11.7 Å². The van der Waals surface area contributed by atoms with Crippen LogP contribution in [0.25, 0.3) is 11.1 Å². The first-order valence-corrected chi connectivity index (χ1v) is 10.1. The molecular formula is C26H29N3. The van der Waals surface area contributed by atoms with Gasteiger partial charge in [0.05, 0.1) is 0 Å². The quantitative estimate of drug-likeness (QED) is 0.441. The molecule has 0 fully saturated rings. The Morgan fingerprint density at radius 2 is 1.45 bits per heavy atom. The maximum Gasteiger partial charge on any atom is 0.157 e. The van der Waals surface area contributed by atoms with E-state index in [1.165, 1.54) is 16.7 Å². The fourth-order valence-corrected chi connectivity index (χ4v) is 3.23. The highest BCUT2D eigenvalue weighted by molar-refractivity contribution is 6.11. The minimum Gasteiger partial charge on any atom is -0.383 e. The fourth-order valence-electron chi connectivity index (χ4n) is 3.23. The van der Waals surface area contributed by atoms with Gasteiger partial charge in [-0.2, -0.15) is 0 Å². The van der Waals surface area contributed by atoms with Crippen molar-refractivity contribution in [1.82, 2.24) is 0 Å². The van der Waals surface area contributed by atoms with Crippen LogP contribution in [0.15, 0.2) is 82.8 Å². The summed E-state index contributed by atoms with van der Waals surface area (Å²) in [7, 11) is 0. The Morgan fingerprint density at radius 1 is 0.793 bits per heavy atom. The van der Waals surface area contributed by atoms with Gasteiger partial charge in [0.15, 0.2) is 5.84 Å². The number of aliphatic imine (C=N–C) groups is 2. The van der Waals surface area contributed by atoms with E-state index < -0.39 is 0 Å². The lowest BCUT2D eigenvalue weighted by Crippen LogP contribution is -2.17. The average Bonchev–Trinajstić information content (AvgIpc) is 2.71. The molecule has 0 heterocycles. The van der Waals surface area contributed by atoms with Gasteiger partial charge in [-0.1, -0.05) is 79.6 Å². The Labute approximate surface area is 174 Å². The SMILES string of the molecule is Cc1cc(C)cc(C(N)=NC(=NCC(C)C)c2cccc(-c3ccccc3)c2)c1. The molecule has 0 radical (unpaired) electrons. The standard InChI is InChI=1S/C26H29N3/c1-18(2)17-28-26(29-25(27)24-14-19(3)13-20(4)15-24)23-12-8-11-22(16-23)21-9-6-5-7-10-21/h5-16,18H,17H2,1-4H3,(H2,27,28,29). The van der Waals surface area contributed by atoms with Gasteiger partial charge in [0.1, 0.15) is 5.84 Å². The lowest BCUT2D eigenvalue weighted by Gasteiger charge is -2.09. The van der Waals surface area contributed by atoms with Crippen molar-refractivity contribution in [3.63, 3.8) is 0 Å². The first kappa shape index (κ1) is 20.5. The molecule has 0 bridgehead atoms. The van der Waals surface area contributed by atoms with Crippen LogP contribution in [0.5, 0.6) is 0 Å². The topological polar surface area (TPSA) is 50.7 Å². The second-order valence-electron chi connectivity index (χ2n) is 7.88. The minimum atomic E-state index is 0.444. The summed E-state index contributed by atoms with van der Waals surface area (Å²) in [6.45, 7) is 9.15. The maximum absolute atomic E-state index is 6.40. The number of benzene rings is 3. The van der Waals surface area contributed by atoms with Crippen molar-refractivity contribution in [1.29, 1.82) is 0 Å². The molecule has 3 rings (SSSR count). The van der Waals surface area contributed by atoms with Gasteiger partial charge in [-0.3, -0.25) is 4.99 Å². The predicted molar refractivity (Wildman–Crippen MR) is 125 cm³/mol. The van der Waals surface area contributed by atoms with Crippen LogP contribution in [0, 0.1) is 19.8 Å². The Kier molecular flexibility index (Phi) is 6.61. The Hall–Kier alpha value is -3.20. The van der Waals surface area contributed by atoms with Crippen molar-refractivity contribution in [3.05, 3.63) is 95.1 Å². The van der Waals surface area contributed by atoms with Crippen LogP contribution in [0.4, 0.5) is 0 Å². The van der Waals surface area contributed by atoms with E-state index in [1.807, 2.05) is 30.3 Å². The van der Waals surface area contributed by atoms with Crippen molar-refractivity contribution in [2.24, 2.45) is 21.6 Å². The van der Waals surface area contributed by atoms with Gasteiger partial charge in [-0.15, -0.1) is 0 Å². The predicted octanol–water partition coefficient (Wildman–Crippen LogP) is 5.78. The Bertz CT molecular complexity index is 1010. The van der Waals surface area contributed by atoms with E-state index in [4.69, 9.17) is 15.7 Å². The molecule has 3 nitrogen and oxygen atoms in total. The summed E-state index contributed by atoms with van der Waals surface area (Å²) in [5.74, 6) is 1.61. The van der Waals surface area contributed by atoms with Crippen molar-refractivity contribution in [2.45, 2.75) is 27.7 Å². The lowest BCUT2D eigenvalue weighted by molar-refractivity contribution is 0.665. The van der Waals surface area contributed by atoms with Crippen LogP contribution < -0.4 is 5.73 Å². The fraction of sp³-hybridized carbons (Fsp3) is 0.231. The zero-order valence-corrected chi connectivity index (χ0v) is 17.7. The highest BCUT2D eigenvalue weighted by Gasteiger charge is 2.08. The van der Waals surface area contributed by atoms with Gasteiger partial charge in [0.25, 0.3) is 0 Å². The summed E-state index contributed by atoms with van der Waals surface area (Å²) < 4.78 is 0. The molecule has 0 unspecified atom stereocenters. The van der Waals surface area contributed by atoms with Crippen molar-refractivity contribution in [2.75, 3.05) is 6.54 Å². The molecule has 0 spiro atoms. The molecular weight excluding hydrogens is 354 g/mol. The molecule has 0 aliphatic rings. The van der Waals surface area contributed by atoms with Gasteiger partial charge < -0.3 is 5.73 Å². The summed E-state index contributed by atoms with van der Waals surface area (Å²) in [6.07, 6.45) is 0. The summed E-state index contributed by atoms with van der Waals surface area (Å²) in [5, 5.41) is 0. The molecule has 0 aliphatic carbocycles. The van der Waals surface area contributed by atoms with E-state index in [9.17, 15) is 0 Å². The molecule has 0 saturated carbocycles. The molecule has 0 saturated heterocycles. The monoisotopic (exact) mass is 383 g/mol. The molecule has 0 aromatic heterocycles. The Morgan fingerprint density at radius 3 is 2.10 bits per heavy atom. The lowest BCUT2D eigenvalue weighted by atomic mass is 10.0. The van der Waals surface area contributed by atoms with Crippen LogP contribution >= 0.6 is 0 Å². The minimum absolute atomic E-state index is 0.444. The van der Waals surface area contributed by atoms with Gasteiger partial charge in [0, 0.05) is 17.7 Å². The normalized spacial score (nSPS) is 12.4. The molecule has 29 heavy (non-hydrogen) atoms. The number of hydrogen-bond acceptors (Lipinski definition) is 1. The van der Waals surface area contributed by atoms with Gasteiger partial charge in [0.2, 0.25) is 0 Å². The summed E-state index contributed by atoms with van der Waals surface area (Å²) in [6, 6.07) is 24.9. The van der Waals surface area contributed by atoms with Crippen molar-refractivity contribution in [3.8, 4) is 11.1 Å². The summed E-state index contributed by atoms with van der Waals surface area (Å²) >= 11 is 0.